The number of hydrogen-bond donors (Lipinski definition) is 10. The molecule has 5 heterocycles. The molecule has 5 saturated heterocycles. The molecule has 9 rings (SSSR count). The minimum Gasteiger partial charge on any atom is -0.394 e. The first-order chi connectivity index (χ1) is 30.8. The summed E-state index contributed by atoms with van der Waals surface area (Å²) in [6.45, 7) is 8.54. The largest absolute Gasteiger partial charge is 0.394 e. The fourth-order valence-electron chi connectivity index (χ4n) is 14.3. The Kier molecular flexibility index (Phi) is 13.6. The van der Waals surface area contributed by atoms with Gasteiger partial charge in [-0.3, -0.25) is 0 Å². The van der Waals surface area contributed by atoms with Crippen molar-refractivity contribution in [1.29, 1.82) is 0 Å². The molecule has 4 aliphatic carbocycles. The summed E-state index contributed by atoms with van der Waals surface area (Å²) in [7, 11) is 1.73. The van der Waals surface area contributed by atoms with Crippen molar-refractivity contribution in [2.45, 2.75) is 202 Å². The molecule has 0 amide bonds. The third-order valence-electron chi connectivity index (χ3n) is 17.5. The lowest BCUT2D eigenvalue weighted by atomic mass is 9.46. The molecule has 11 unspecified atom stereocenters. The highest BCUT2D eigenvalue weighted by Crippen LogP contribution is 2.74. The summed E-state index contributed by atoms with van der Waals surface area (Å²) in [4.78, 5) is 0. The summed E-state index contributed by atoms with van der Waals surface area (Å²) in [5, 5.41) is 108. The van der Waals surface area contributed by atoms with Gasteiger partial charge in [-0.25, -0.2) is 0 Å². The van der Waals surface area contributed by atoms with E-state index in [1.54, 1.807) is 7.11 Å². The molecule has 10 N–H and O–H groups in total. The molecule has 65 heavy (non-hydrogen) atoms. The molecule has 0 aromatic carbocycles. The zero-order valence-electron chi connectivity index (χ0n) is 38.0. The lowest BCUT2D eigenvalue weighted by Crippen LogP contribution is -2.67. The predicted molar refractivity (Wildman–Crippen MR) is 221 cm³/mol. The van der Waals surface area contributed by atoms with Crippen molar-refractivity contribution in [3.05, 3.63) is 23.3 Å². The van der Waals surface area contributed by atoms with Crippen molar-refractivity contribution in [3.63, 3.8) is 0 Å². The molecule has 19 heteroatoms. The summed E-state index contributed by atoms with van der Waals surface area (Å²) in [5.74, 6) is 0.646. The number of rotatable bonds is 10. The van der Waals surface area contributed by atoms with E-state index in [9.17, 15) is 51.1 Å². The van der Waals surface area contributed by atoms with Crippen LogP contribution in [0.2, 0.25) is 0 Å². The number of aliphatic hydroxyl groups is 10. The maximum atomic E-state index is 11.5. The second-order valence-corrected chi connectivity index (χ2v) is 21.1. The van der Waals surface area contributed by atoms with E-state index in [2.05, 4.69) is 26.0 Å². The standard InChI is InChI=1S/C46H72O19/c1-18(2)13-25-39(56)60-26-15-24-22-8-7-20-14-21(9-11-44(20,4)23(22)10-12-46(24)38(26)45(25,5)65-43(46)57-6)59-41-36(33(53)30(50)27(16-47)61-41)64-42-37(34(54)31(51)28(17-48)62-42)63-40-35(55)32(52)29(49)19(3)58-40/h7,13,19,21-43,47-56H,8-12,14-17H2,1-6H3/t19?,21-,22?,23-,24-,25-,26-,27+,28?,29-,30?,31+,32?,33-,34?,35?,36+,37+,38+,39?,40?,41+,42?,43+,44-,45-,46?/m0/s1. The number of methoxy groups -OCH3 is 1. The second-order valence-electron chi connectivity index (χ2n) is 21.1. The van der Waals surface area contributed by atoms with Crippen molar-refractivity contribution in [2.24, 2.45) is 40.4 Å². The molecular formula is C46H72O19. The molecular weight excluding hydrogens is 856 g/mol. The summed E-state index contributed by atoms with van der Waals surface area (Å²) < 4.78 is 56.0. The van der Waals surface area contributed by atoms with Crippen molar-refractivity contribution >= 4 is 0 Å². The molecule has 0 aromatic rings. The Balaban J connectivity index is 0.940. The number of hydrogen-bond acceptors (Lipinski definition) is 19. The number of aliphatic hydroxyl groups excluding tert-OH is 10. The molecule has 5 aliphatic heterocycles. The van der Waals surface area contributed by atoms with Gasteiger partial charge in [0.15, 0.2) is 31.5 Å². The average Bonchev–Trinajstić information content (AvgIpc) is 3.76. The lowest BCUT2D eigenvalue weighted by Gasteiger charge is -2.58. The molecule has 0 aromatic heterocycles. The van der Waals surface area contributed by atoms with Gasteiger partial charge in [0, 0.05) is 18.4 Å². The topological polar surface area (TPSA) is 285 Å². The van der Waals surface area contributed by atoms with Crippen LogP contribution in [-0.4, -0.2) is 194 Å². The van der Waals surface area contributed by atoms with Gasteiger partial charge in [-0.05, 0) is 95.8 Å². The molecule has 9 aliphatic rings. The second kappa shape index (κ2) is 18.2. The van der Waals surface area contributed by atoms with Crippen molar-refractivity contribution in [2.75, 3.05) is 20.3 Å². The monoisotopic (exact) mass is 928 g/mol. The van der Waals surface area contributed by atoms with E-state index in [1.165, 1.54) is 12.5 Å². The molecule has 0 radical (unpaired) electrons. The van der Waals surface area contributed by atoms with Crippen LogP contribution in [-0.2, 0) is 42.6 Å². The molecule has 27 atom stereocenters. The van der Waals surface area contributed by atoms with E-state index in [4.69, 9.17) is 42.6 Å². The normalized spacial score (nSPS) is 56.2. The summed E-state index contributed by atoms with van der Waals surface area (Å²) in [6.07, 6.45) is -15.8. The SMILES string of the molecule is CO[C@@H]1O[C@@]2(C)[C@@H](C=C(C)C)C(O)O[C@H]3C[C@H]4C5CC=C6C[C@@H](O[C@@H]7O[C@H](CO)C(O)[C@H](O)[C@H]7OC7OC(CO)[C@@H](O)C(O)[C@H]7OC7OC(C)[C@H](O)C(O)C7O)CC[C@]6(C)[C@H]5CCC14[C@H]32. The lowest BCUT2D eigenvalue weighted by molar-refractivity contribution is -0.394. The third kappa shape index (κ3) is 7.75. The van der Waals surface area contributed by atoms with Gasteiger partial charge in [0.05, 0.1) is 43.0 Å². The first-order valence-corrected chi connectivity index (χ1v) is 23.6. The minimum absolute atomic E-state index is 0.0565. The van der Waals surface area contributed by atoms with Gasteiger partial charge in [-0.1, -0.05) is 30.2 Å². The zero-order valence-corrected chi connectivity index (χ0v) is 38.0. The highest BCUT2D eigenvalue weighted by atomic mass is 16.8. The van der Waals surface area contributed by atoms with Crippen LogP contribution >= 0.6 is 0 Å². The van der Waals surface area contributed by atoms with Crippen molar-refractivity contribution in [1.82, 2.24) is 0 Å². The third-order valence-corrected chi connectivity index (χ3v) is 17.5. The fraction of sp³-hybridized carbons (Fsp3) is 0.913. The van der Waals surface area contributed by atoms with Gasteiger partial charge in [-0.2, -0.15) is 0 Å². The van der Waals surface area contributed by atoms with Crippen LogP contribution in [0.4, 0.5) is 0 Å². The molecule has 1 spiro atoms. The fourth-order valence-corrected chi connectivity index (χ4v) is 14.3. The first kappa shape index (κ1) is 48.7. The number of ether oxygens (including phenoxy) is 9. The van der Waals surface area contributed by atoms with Gasteiger partial charge in [-0.15, -0.1) is 0 Å². The van der Waals surface area contributed by atoms with Crippen LogP contribution in [0, 0.1) is 40.4 Å². The Hall–Kier alpha value is -1.28. The van der Waals surface area contributed by atoms with Crippen LogP contribution in [0.1, 0.15) is 79.6 Å². The first-order valence-electron chi connectivity index (χ1n) is 23.6. The minimum atomic E-state index is -1.83. The van der Waals surface area contributed by atoms with Gasteiger partial charge in [0.2, 0.25) is 0 Å². The van der Waals surface area contributed by atoms with E-state index in [0.29, 0.717) is 24.7 Å². The van der Waals surface area contributed by atoms with Crippen LogP contribution in [0.3, 0.4) is 0 Å². The zero-order chi connectivity index (χ0) is 46.7. The maximum Gasteiger partial charge on any atom is 0.187 e. The van der Waals surface area contributed by atoms with E-state index in [-0.39, 0.29) is 34.7 Å². The van der Waals surface area contributed by atoms with E-state index in [1.807, 2.05) is 13.8 Å². The number of fused-ring (bicyclic) bond motifs is 4. The Morgan fingerprint density at radius 3 is 1.98 bits per heavy atom. The van der Waals surface area contributed by atoms with Crippen molar-refractivity contribution in [3.8, 4) is 0 Å². The van der Waals surface area contributed by atoms with Crippen LogP contribution in [0.25, 0.3) is 0 Å². The van der Waals surface area contributed by atoms with E-state index in [0.717, 1.165) is 37.7 Å². The summed E-state index contributed by atoms with van der Waals surface area (Å²) >= 11 is 0. The van der Waals surface area contributed by atoms with Gasteiger partial charge < -0.3 is 93.7 Å². The highest BCUT2D eigenvalue weighted by molar-refractivity contribution is 5.29. The van der Waals surface area contributed by atoms with Gasteiger partial charge in [0.25, 0.3) is 0 Å². The molecule has 19 nitrogen and oxygen atoms in total. The van der Waals surface area contributed by atoms with Crippen molar-refractivity contribution < 1.29 is 93.7 Å². The predicted octanol–water partition coefficient (Wildman–Crippen LogP) is -0.922. The van der Waals surface area contributed by atoms with E-state index < -0.39 is 130 Å². The van der Waals surface area contributed by atoms with Gasteiger partial charge >= 0.3 is 0 Å². The molecule has 370 valence electrons. The molecule has 8 fully saturated rings. The average molecular weight is 929 g/mol. The Morgan fingerprint density at radius 1 is 0.738 bits per heavy atom. The summed E-state index contributed by atoms with van der Waals surface area (Å²) in [6, 6.07) is 0. The summed E-state index contributed by atoms with van der Waals surface area (Å²) in [5.41, 5.74) is 1.25. The quantitative estimate of drug-likeness (QED) is 0.119. The Labute approximate surface area is 379 Å². The van der Waals surface area contributed by atoms with Crippen LogP contribution in [0.5, 0.6) is 0 Å². The smallest absolute Gasteiger partial charge is 0.187 e. The van der Waals surface area contributed by atoms with E-state index >= 15 is 0 Å². The molecule has 0 bridgehead atoms. The van der Waals surface area contributed by atoms with Crippen LogP contribution in [0.15, 0.2) is 23.3 Å². The van der Waals surface area contributed by atoms with Crippen LogP contribution < -0.4 is 0 Å². The molecule has 3 saturated carbocycles. The highest BCUT2D eigenvalue weighted by Gasteiger charge is 2.77. The maximum absolute atomic E-state index is 11.5. The van der Waals surface area contributed by atoms with Gasteiger partial charge in [0.1, 0.15) is 67.1 Å². The Morgan fingerprint density at radius 2 is 1.37 bits per heavy atom. The Bertz CT molecular complexity index is 1770. The number of allylic oxidation sites excluding steroid dienone is 2.